The molecule has 7 heteroatoms. The normalized spacial score (nSPS) is 11.4. The van der Waals surface area contributed by atoms with Gasteiger partial charge in [0.2, 0.25) is 10.0 Å². The number of hydrogen-bond donors (Lipinski definition) is 2. The Morgan fingerprint density at radius 1 is 1.04 bits per heavy atom. The van der Waals surface area contributed by atoms with Gasteiger partial charge in [0.25, 0.3) is 0 Å². The lowest BCUT2D eigenvalue weighted by atomic mass is 10.1. The van der Waals surface area contributed by atoms with Gasteiger partial charge in [0.1, 0.15) is 4.99 Å². The minimum absolute atomic E-state index is 0.0345. The predicted molar refractivity (Wildman–Crippen MR) is 104 cm³/mol. The maximum Gasteiger partial charge on any atom is 0.211 e. The Morgan fingerprint density at radius 3 is 2.36 bits per heavy atom. The quantitative estimate of drug-likeness (QED) is 0.490. The van der Waals surface area contributed by atoms with Gasteiger partial charge in [-0.25, -0.2) is 13.1 Å². The van der Waals surface area contributed by atoms with Gasteiger partial charge >= 0.3 is 0 Å². The molecule has 25 heavy (non-hydrogen) atoms. The number of nitrogens with two attached hydrogens (primary N) is 1. The highest BCUT2D eigenvalue weighted by atomic mass is 32.2. The molecule has 2 rings (SSSR count). The Balaban J connectivity index is 1.68. The topological polar surface area (TPSA) is 81.4 Å². The second-order valence-corrected chi connectivity index (χ2v) is 7.96. The third-order valence-electron chi connectivity index (χ3n) is 3.55. The number of sulfonamides is 1. The lowest BCUT2D eigenvalue weighted by Gasteiger charge is -2.08. The van der Waals surface area contributed by atoms with Crippen LogP contribution in [0.25, 0.3) is 0 Å². The molecule has 0 fully saturated rings. The van der Waals surface area contributed by atoms with Crippen LogP contribution in [-0.4, -0.2) is 25.8 Å². The van der Waals surface area contributed by atoms with E-state index in [1.54, 1.807) is 24.3 Å². The molecule has 0 spiro atoms. The summed E-state index contributed by atoms with van der Waals surface area (Å²) in [5.74, 6) is 0.0345. The summed E-state index contributed by atoms with van der Waals surface area (Å²) in [5.41, 5.74) is 8.22. The number of thiocarbonyl (C=S) groups is 1. The first-order valence-electron chi connectivity index (χ1n) is 7.94. The van der Waals surface area contributed by atoms with E-state index in [9.17, 15) is 8.42 Å². The molecule has 0 aliphatic heterocycles. The summed E-state index contributed by atoms with van der Waals surface area (Å²) in [7, 11) is -3.33. The van der Waals surface area contributed by atoms with Crippen molar-refractivity contribution in [3.8, 4) is 0 Å². The van der Waals surface area contributed by atoms with Crippen molar-refractivity contribution in [1.29, 1.82) is 0 Å². The lowest BCUT2D eigenvalue weighted by molar-refractivity contribution is 0.122. The maximum atomic E-state index is 12.0. The molecule has 3 N–H and O–H groups in total. The molecule has 0 amide bonds. The van der Waals surface area contributed by atoms with Crippen molar-refractivity contribution in [3.05, 3.63) is 71.3 Å². The third kappa shape index (κ3) is 7.31. The maximum absolute atomic E-state index is 12.0. The Morgan fingerprint density at radius 2 is 1.72 bits per heavy atom. The smallest absolute Gasteiger partial charge is 0.211 e. The van der Waals surface area contributed by atoms with Gasteiger partial charge in [-0.2, -0.15) is 0 Å². The van der Waals surface area contributed by atoms with Crippen LogP contribution in [0.1, 0.15) is 23.1 Å². The average molecular weight is 379 g/mol. The molecule has 0 aliphatic carbocycles. The molecule has 2 aromatic carbocycles. The minimum atomic E-state index is -3.33. The molecule has 0 saturated carbocycles. The van der Waals surface area contributed by atoms with Crippen LogP contribution in [0, 0.1) is 0 Å². The van der Waals surface area contributed by atoms with Gasteiger partial charge in [-0.05, 0) is 17.5 Å². The van der Waals surface area contributed by atoms with Crippen LogP contribution in [-0.2, 0) is 27.9 Å². The van der Waals surface area contributed by atoms with E-state index in [2.05, 4.69) is 4.72 Å². The first-order valence-corrected chi connectivity index (χ1v) is 10.00. The molecule has 0 aromatic heterocycles. The number of nitrogens with one attached hydrogen (secondary N) is 1. The molecule has 0 unspecified atom stereocenters. The Bertz CT molecular complexity index is 776. The van der Waals surface area contributed by atoms with Gasteiger partial charge in [0.15, 0.2) is 0 Å². The predicted octanol–water partition coefficient (Wildman–Crippen LogP) is 2.35. The highest BCUT2D eigenvalue weighted by Crippen LogP contribution is 2.05. The summed E-state index contributed by atoms with van der Waals surface area (Å²) in [6.07, 6.45) is 0.447. The number of ether oxygens (including phenoxy) is 1. The highest BCUT2D eigenvalue weighted by Gasteiger charge is 2.09. The van der Waals surface area contributed by atoms with Gasteiger partial charge in [0.05, 0.1) is 12.4 Å². The monoisotopic (exact) mass is 378 g/mol. The molecule has 0 aliphatic rings. The first-order chi connectivity index (χ1) is 12.0. The fourth-order valence-corrected chi connectivity index (χ4v) is 3.33. The van der Waals surface area contributed by atoms with Crippen LogP contribution in [0.3, 0.4) is 0 Å². The number of benzene rings is 2. The summed E-state index contributed by atoms with van der Waals surface area (Å²) < 4.78 is 32.1. The van der Waals surface area contributed by atoms with Crippen molar-refractivity contribution in [2.75, 3.05) is 12.4 Å². The van der Waals surface area contributed by atoms with Gasteiger partial charge in [-0.15, -0.1) is 0 Å². The average Bonchev–Trinajstić information content (AvgIpc) is 2.61. The van der Waals surface area contributed by atoms with Crippen LogP contribution >= 0.6 is 12.2 Å². The Labute approximate surface area is 154 Å². The Kier molecular flexibility index (Phi) is 7.52. The molecule has 0 bridgehead atoms. The van der Waals surface area contributed by atoms with Crippen LogP contribution in [0.4, 0.5) is 0 Å². The summed E-state index contributed by atoms with van der Waals surface area (Å²) in [5, 5.41) is 0. The van der Waals surface area contributed by atoms with E-state index in [4.69, 9.17) is 22.7 Å². The van der Waals surface area contributed by atoms with Crippen LogP contribution in [0.5, 0.6) is 0 Å². The van der Waals surface area contributed by atoms with Crippen molar-refractivity contribution in [3.63, 3.8) is 0 Å². The van der Waals surface area contributed by atoms with Crippen molar-refractivity contribution in [2.45, 2.75) is 19.6 Å². The van der Waals surface area contributed by atoms with Gasteiger partial charge in [0, 0.05) is 18.7 Å². The van der Waals surface area contributed by atoms with Crippen molar-refractivity contribution in [2.24, 2.45) is 5.73 Å². The molecule has 5 nitrogen and oxygen atoms in total. The SMILES string of the molecule is NC(=S)c1ccc(CNS(=O)(=O)CCCOCc2ccccc2)cc1. The van der Waals surface area contributed by atoms with E-state index in [1.165, 1.54) is 0 Å². The third-order valence-corrected chi connectivity index (χ3v) is 5.19. The molecular weight excluding hydrogens is 356 g/mol. The zero-order valence-corrected chi connectivity index (χ0v) is 15.5. The molecule has 0 atom stereocenters. The van der Waals surface area contributed by atoms with Gasteiger partial charge in [-0.3, -0.25) is 0 Å². The highest BCUT2D eigenvalue weighted by molar-refractivity contribution is 7.89. The number of rotatable bonds is 10. The fraction of sp³-hybridized carbons (Fsp3) is 0.278. The standard InChI is InChI=1S/C18H22N2O3S2/c19-18(24)17-9-7-15(8-10-17)13-20-25(21,22)12-4-11-23-14-16-5-2-1-3-6-16/h1-3,5-10,20H,4,11-14H2,(H2,19,24). The van der Waals surface area contributed by atoms with Gasteiger partial charge in [-0.1, -0.05) is 66.8 Å². The second kappa shape index (κ2) is 9.62. The van der Waals surface area contributed by atoms with E-state index in [1.807, 2.05) is 30.3 Å². The second-order valence-electron chi connectivity index (χ2n) is 5.59. The molecule has 0 saturated heterocycles. The zero-order valence-electron chi connectivity index (χ0n) is 13.9. The van der Waals surface area contributed by atoms with Crippen LogP contribution < -0.4 is 10.5 Å². The zero-order chi connectivity index (χ0) is 18.1. The largest absolute Gasteiger partial charge is 0.389 e. The summed E-state index contributed by atoms with van der Waals surface area (Å²) in [4.78, 5) is 0.322. The fourth-order valence-electron chi connectivity index (χ4n) is 2.17. The van der Waals surface area contributed by atoms with Crippen molar-refractivity contribution < 1.29 is 13.2 Å². The Hall–Kier alpha value is -1.80. The minimum Gasteiger partial charge on any atom is -0.389 e. The van der Waals surface area contributed by atoms with E-state index in [0.29, 0.717) is 24.6 Å². The van der Waals surface area contributed by atoms with E-state index in [0.717, 1.165) is 16.7 Å². The molecule has 134 valence electrons. The van der Waals surface area contributed by atoms with Crippen molar-refractivity contribution >= 4 is 27.2 Å². The van der Waals surface area contributed by atoms with Crippen LogP contribution in [0.2, 0.25) is 0 Å². The first kappa shape index (κ1) is 19.5. The van der Waals surface area contributed by atoms with E-state index in [-0.39, 0.29) is 12.3 Å². The van der Waals surface area contributed by atoms with E-state index >= 15 is 0 Å². The molecular formula is C18H22N2O3S2. The molecule has 0 heterocycles. The van der Waals surface area contributed by atoms with E-state index < -0.39 is 10.0 Å². The summed E-state index contributed by atoms with van der Waals surface area (Å²) in [6, 6.07) is 17.0. The van der Waals surface area contributed by atoms with Gasteiger partial charge < -0.3 is 10.5 Å². The number of hydrogen-bond acceptors (Lipinski definition) is 4. The summed E-state index contributed by atoms with van der Waals surface area (Å²) >= 11 is 4.88. The van der Waals surface area contributed by atoms with Crippen molar-refractivity contribution in [1.82, 2.24) is 4.72 Å². The van der Waals surface area contributed by atoms with Crippen LogP contribution in [0.15, 0.2) is 54.6 Å². The molecule has 0 radical (unpaired) electrons. The lowest BCUT2D eigenvalue weighted by Crippen LogP contribution is -2.26. The molecule has 2 aromatic rings. The summed E-state index contributed by atoms with van der Waals surface area (Å²) in [6.45, 7) is 1.13.